The molecule has 2 aromatic heterocycles. The molecule has 100 valence electrons. The summed E-state index contributed by atoms with van der Waals surface area (Å²) in [5, 5.41) is 7.26. The summed E-state index contributed by atoms with van der Waals surface area (Å²) in [5.41, 5.74) is 0.435. The minimum absolute atomic E-state index is 0.0868. The first-order chi connectivity index (χ1) is 9.17. The SMILES string of the molecule is CC1(c2nc(-c3ccc(F)cn3)no2)CCNCC1. The summed E-state index contributed by atoms with van der Waals surface area (Å²) < 4.78 is 18.2. The maximum absolute atomic E-state index is 12.8. The van der Waals surface area contributed by atoms with Crippen LogP contribution in [0.15, 0.2) is 22.9 Å². The lowest BCUT2D eigenvalue weighted by Gasteiger charge is -2.30. The van der Waals surface area contributed by atoms with E-state index in [4.69, 9.17) is 4.52 Å². The van der Waals surface area contributed by atoms with Gasteiger partial charge in [0, 0.05) is 5.41 Å². The number of halogens is 1. The second kappa shape index (κ2) is 4.70. The van der Waals surface area contributed by atoms with Crippen molar-refractivity contribution < 1.29 is 8.91 Å². The molecule has 0 radical (unpaired) electrons. The van der Waals surface area contributed by atoms with E-state index in [-0.39, 0.29) is 11.2 Å². The molecule has 6 heteroatoms. The molecule has 0 spiro atoms. The van der Waals surface area contributed by atoms with Crippen molar-refractivity contribution in [2.24, 2.45) is 0 Å². The van der Waals surface area contributed by atoms with Crippen molar-refractivity contribution >= 4 is 0 Å². The van der Waals surface area contributed by atoms with E-state index in [1.54, 1.807) is 6.07 Å². The van der Waals surface area contributed by atoms with Crippen molar-refractivity contribution in [3.05, 3.63) is 30.0 Å². The van der Waals surface area contributed by atoms with Crippen molar-refractivity contribution in [3.8, 4) is 11.5 Å². The lowest BCUT2D eigenvalue weighted by molar-refractivity contribution is 0.241. The number of nitrogens with zero attached hydrogens (tertiary/aromatic N) is 3. The van der Waals surface area contributed by atoms with Crippen molar-refractivity contribution in [2.45, 2.75) is 25.2 Å². The largest absolute Gasteiger partial charge is 0.338 e. The maximum atomic E-state index is 12.8. The zero-order valence-electron chi connectivity index (χ0n) is 10.7. The first kappa shape index (κ1) is 12.2. The van der Waals surface area contributed by atoms with Gasteiger partial charge in [0.05, 0.1) is 6.20 Å². The average Bonchev–Trinajstić information content (AvgIpc) is 2.91. The summed E-state index contributed by atoms with van der Waals surface area (Å²) in [4.78, 5) is 8.37. The fraction of sp³-hybridized carbons (Fsp3) is 0.462. The molecule has 0 unspecified atom stereocenters. The fourth-order valence-corrected chi connectivity index (χ4v) is 2.27. The van der Waals surface area contributed by atoms with Gasteiger partial charge < -0.3 is 9.84 Å². The van der Waals surface area contributed by atoms with Crippen LogP contribution in [0.1, 0.15) is 25.7 Å². The van der Waals surface area contributed by atoms with Gasteiger partial charge in [0.1, 0.15) is 11.5 Å². The third-order valence-electron chi connectivity index (χ3n) is 3.61. The highest BCUT2D eigenvalue weighted by Crippen LogP contribution is 2.32. The van der Waals surface area contributed by atoms with Crippen LogP contribution in [0.5, 0.6) is 0 Å². The Labute approximate surface area is 110 Å². The predicted molar refractivity (Wildman–Crippen MR) is 66.9 cm³/mol. The molecule has 0 bridgehead atoms. The maximum Gasteiger partial charge on any atom is 0.233 e. The van der Waals surface area contributed by atoms with Crippen LogP contribution in [-0.4, -0.2) is 28.2 Å². The lowest BCUT2D eigenvalue weighted by atomic mass is 9.81. The van der Waals surface area contributed by atoms with Gasteiger partial charge in [0.15, 0.2) is 0 Å². The minimum Gasteiger partial charge on any atom is -0.338 e. The van der Waals surface area contributed by atoms with Crippen LogP contribution in [0.4, 0.5) is 4.39 Å². The van der Waals surface area contributed by atoms with Crippen LogP contribution in [0.2, 0.25) is 0 Å². The predicted octanol–water partition coefficient (Wildman–Crippen LogP) is 1.91. The molecule has 5 nitrogen and oxygen atoms in total. The van der Waals surface area contributed by atoms with E-state index in [9.17, 15) is 4.39 Å². The van der Waals surface area contributed by atoms with E-state index in [0.717, 1.165) is 32.1 Å². The van der Waals surface area contributed by atoms with Gasteiger partial charge >= 0.3 is 0 Å². The van der Waals surface area contributed by atoms with Gasteiger partial charge in [-0.2, -0.15) is 4.98 Å². The molecule has 3 rings (SSSR count). The highest BCUT2D eigenvalue weighted by Gasteiger charge is 2.34. The van der Waals surface area contributed by atoms with E-state index in [2.05, 4.69) is 27.4 Å². The van der Waals surface area contributed by atoms with Gasteiger partial charge in [-0.25, -0.2) is 9.37 Å². The molecule has 1 N–H and O–H groups in total. The summed E-state index contributed by atoms with van der Waals surface area (Å²) >= 11 is 0. The normalized spacial score (nSPS) is 18.4. The van der Waals surface area contributed by atoms with E-state index in [1.807, 2.05) is 0 Å². The third-order valence-corrected chi connectivity index (χ3v) is 3.61. The second-order valence-corrected chi connectivity index (χ2v) is 5.10. The number of nitrogens with one attached hydrogen (secondary N) is 1. The molecule has 0 aromatic carbocycles. The Hall–Kier alpha value is -1.82. The number of piperidine rings is 1. The third kappa shape index (κ3) is 2.35. The van der Waals surface area contributed by atoms with Gasteiger partial charge in [-0.3, -0.25) is 0 Å². The summed E-state index contributed by atoms with van der Waals surface area (Å²) in [5.74, 6) is 0.669. The zero-order valence-corrected chi connectivity index (χ0v) is 10.7. The first-order valence-corrected chi connectivity index (χ1v) is 6.34. The monoisotopic (exact) mass is 262 g/mol. The molecular formula is C13H15FN4O. The molecule has 3 heterocycles. The van der Waals surface area contributed by atoms with E-state index < -0.39 is 0 Å². The number of hydrogen-bond acceptors (Lipinski definition) is 5. The number of aromatic nitrogens is 3. The zero-order chi connectivity index (χ0) is 13.3. The first-order valence-electron chi connectivity index (χ1n) is 6.34. The molecule has 1 aliphatic heterocycles. The van der Waals surface area contributed by atoms with Crippen LogP contribution in [-0.2, 0) is 5.41 Å². The van der Waals surface area contributed by atoms with Crippen molar-refractivity contribution in [3.63, 3.8) is 0 Å². The minimum atomic E-state index is -0.377. The average molecular weight is 262 g/mol. The van der Waals surface area contributed by atoms with Crippen LogP contribution < -0.4 is 5.32 Å². The molecule has 0 atom stereocenters. The Morgan fingerprint density at radius 3 is 2.79 bits per heavy atom. The van der Waals surface area contributed by atoms with E-state index in [1.165, 1.54) is 6.07 Å². The quantitative estimate of drug-likeness (QED) is 0.895. The van der Waals surface area contributed by atoms with Crippen LogP contribution in [0.3, 0.4) is 0 Å². The molecule has 19 heavy (non-hydrogen) atoms. The van der Waals surface area contributed by atoms with Gasteiger partial charge in [-0.05, 0) is 38.1 Å². The molecule has 1 saturated heterocycles. The van der Waals surface area contributed by atoms with Crippen molar-refractivity contribution in [1.82, 2.24) is 20.4 Å². The van der Waals surface area contributed by atoms with Gasteiger partial charge in [0.25, 0.3) is 0 Å². The molecule has 0 saturated carbocycles. The Morgan fingerprint density at radius 2 is 2.11 bits per heavy atom. The summed E-state index contributed by atoms with van der Waals surface area (Å²) in [6, 6.07) is 2.89. The smallest absolute Gasteiger partial charge is 0.233 e. The van der Waals surface area contributed by atoms with Gasteiger partial charge in [-0.1, -0.05) is 12.1 Å². The summed E-state index contributed by atoms with van der Waals surface area (Å²) in [6.07, 6.45) is 3.08. The Morgan fingerprint density at radius 1 is 1.32 bits per heavy atom. The molecule has 0 amide bonds. The highest BCUT2D eigenvalue weighted by molar-refractivity contribution is 5.47. The lowest BCUT2D eigenvalue weighted by Crippen LogP contribution is -2.37. The Bertz CT molecular complexity index is 560. The number of rotatable bonds is 2. The van der Waals surface area contributed by atoms with Crippen LogP contribution >= 0.6 is 0 Å². The van der Waals surface area contributed by atoms with E-state index in [0.29, 0.717) is 17.4 Å². The molecule has 2 aromatic rings. The van der Waals surface area contributed by atoms with Crippen LogP contribution in [0.25, 0.3) is 11.5 Å². The van der Waals surface area contributed by atoms with Crippen LogP contribution in [0, 0.1) is 5.82 Å². The summed E-state index contributed by atoms with van der Waals surface area (Å²) in [7, 11) is 0. The Kier molecular flexibility index (Phi) is 3.02. The van der Waals surface area contributed by atoms with Crippen molar-refractivity contribution in [2.75, 3.05) is 13.1 Å². The van der Waals surface area contributed by atoms with Crippen molar-refractivity contribution in [1.29, 1.82) is 0 Å². The molecular weight excluding hydrogens is 247 g/mol. The van der Waals surface area contributed by atoms with E-state index >= 15 is 0 Å². The number of pyridine rings is 1. The van der Waals surface area contributed by atoms with Gasteiger partial charge in [0.2, 0.25) is 11.7 Å². The second-order valence-electron chi connectivity index (χ2n) is 5.10. The molecule has 1 fully saturated rings. The molecule has 0 aliphatic carbocycles. The number of hydrogen-bond donors (Lipinski definition) is 1. The molecule has 1 aliphatic rings. The fourth-order valence-electron chi connectivity index (χ4n) is 2.27. The van der Waals surface area contributed by atoms with Gasteiger partial charge in [-0.15, -0.1) is 0 Å². The summed E-state index contributed by atoms with van der Waals surface area (Å²) in [6.45, 7) is 4.02. The highest BCUT2D eigenvalue weighted by atomic mass is 19.1. The standard InChI is InChI=1S/C13H15FN4O/c1-13(4-6-15-7-5-13)12-17-11(18-19-12)10-3-2-9(14)8-16-10/h2-3,8,15H,4-7H2,1H3. The Balaban J connectivity index is 1.88. The topological polar surface area (TPSA) is 63.8 Å².